The van der Waals surface area contributed by atoms with E-state index in [1.165, 1.54) is 24.9 Å². The van der Waals surface area contributed by atoms with E-state index in [2.05, 4.69) is 38.4 Å². The summed E-state index contributed by atoms with van der Waals surface area (Å²) in [6.45, 7) is 2.33. The first-order chi connectivity index (χ1) is 7.84. The van der Waals surface area contributed by atoms with E-state index in [-0.39, 0.29) is 15.0 Å². The fraction of sp³-hybridized carbons (Fsp3) is 0.500. The topological polar surface area (TPSA) is 37.8 Å². The first-order valence-corrected chi connectivity index (χ1v) is 7.35. The van der Waals surface area contributed by atoms with Crippen LogP contribution in [0.5, 0.6) is 0 Å². The number of anilines is 1. The molecule has 1 aliphatic rings. The van der Waals surface area contributed by atoms with Crippen LogP contribution in [0, 0.1) is 5.92 Å². The van der Waals surface area contributed by atoms with Gasteiger partial charge < -0.3 is 0 Å². The molecule has 1 aliphatic carbocycles. The Balaban J connectivity index is 1.91. The summed E-state index contributed by atoms with van der Waals surface area (Å²) in [5.41, 5.74) is 3.33. The van der Waals surface area contributed by atoms with Gasteiger partial charge in [0.05, 0.1) is 0 Å². The van der Waals surface area contributed by atoms with Gasteiger partial charge in [0.25, 0.3) is 0 Å². The Morgan fingerprint density at radius 1 is 1.31 bits per heavy atom. The molecule has 0 bridgehead atoms. The number of hydrogen-bond donors (Lipinski definition) is 1. The Kier molecular flexibility index (Phi) is 2.70. The van der Waals surface area contributed by atoms with Gasteiger partial charge in [-0.3, -0.25) is 0 Å². The SMILES string of the molecule is CC1CCCC1Nc1cccc2n[se]nc12. The zero-order valence-corrected chi connectivity index (χ0v) is 11.0. The molecule has 16 heavy (non-hydrogen) atoms. The fourth-order valence-corrected chi connectivity index (χ4v) is 3.64. The van der Waals surface area contributed by atoms with Gasteiger partial charge in [0, 0.05) is 0 Å². The summed E-state index contributed by atoms with van der Waals surface area (Å²) in [7, 11) is 0. The van der Waals surface area contributed by atoms with Crippen LogP contribution < -0.4 is 5.32 Å². The molecule has 2 atom stereocenters. The van der Waals surface area contributed by atoms with Crippen LogP contribution in [0.4, 0.5) is 5.69 Å². The zero-order chi connectivity index (χ0) is 11.0. The molecule has 1 aromatic carbocycles. The summed E-state index contributed by atoms with van der Waals surface area (Å²) in [6.07, 6.45) is 3.98. The number of nitrogens with one attached hydrogen (secondary N) is 1. The van der Waals surface area contributed by atoms with Gasteiger partial charge in [0.2, 0.25) is 0 Å². The minimum atomic E-state index is 0.0708. The second-order valence-electron chi connectivity index (χ2n) is 4.60. The van der Waals surface area contributed by atoms with Crippen LogP contribution in [0.15, 0.2) is 18.2 Å². The number of aromatic nitrogens is 2. The second-order valence-corrected chi connectivity index (χ2v) is 5.71. The molecular weight excluding hydrogens is 265 g/mol. The van der Waals surface area contributed by atoms with Crippen molar-refractivity contribution in [2.45, 2.75) is 32.2 Å². The van der Waals surface area contributed by atoms with E-state index in [9.17, 15) is 0 Å². The number of nitrogens with zero attached hydrogens (tertiary/aromatic N) is 2. The third-order valence-corrected chi connectivity index (χ3v) is 4.63. The van der Waals surface area contributed by atoms with Crippen LogP contribution in [0.3, 0.4) is 0 Å². The predicted octanol–water partition coefficient (Wildman–Crippen LogP) is 2.29. The summed E-state index contributed by atoms with van der Waals surface area (Å²) in [4.78, 5) is 0. The van der Waals surface area contributed by atoms with Crippen molar-refractivity contribution in [1.82, 2.24) is 7.96 Å². The van der Waals surface area contributed by atoms with E-state index in [1.807, 2.05) is 0 Å². The summed E-state index contributed by atoms with van der Waals surface area (Å²) in [5, 5.41) is 3.65. The molecule has 84 valence electrons. The van der Waals surface area contributed by atoms with Crippen molar-refractivity contribution >= 4 is 31.7 Å². The number of benzene rings is 1. The summed E-state index contributed by atoms with van der Waals surface area (Å²) in [6, 6.07) is 6.87. The van der Waals surface area contributed by atoms with Crippen molar-refractivity contribution in [3.63, 3.8) is 0 Å². The average Bonchev–Trinajstić information content (AvgIpc) is 2.89. The summed E-state index contributed by atoms with van der Waals surface area (Å²) in [5.74, 6) is 0.778. The maximum absolute atomic E-state index is 4.50. The molecule has 1 saturated carbocycles. The van der Waals surface area contributed by atoms with E-state index in [0.29, 0.717) is 6.04 Å². The summed E-state index contributed by atoms with van der Waals surface area (Å²) >= 11 is 0.0708. The molecule has 0 saturated heterocycles. The van der Waals surface area contributed by atoms with E-state index >= 15 is 0 Å². The van der Waals surface area contributed by atoms with Crippen LogP contribution in [-0.2, 0) is 0 Å². The predicted molar refractivity (Wildman–Crippen MR) is 66.9 cm³/mol. The third kappa shape index (κ3) is 1.76. The van der Waals surface area contributed by atoms with Gasteiger partial charge >= 0.3 is 101 Å². The zero-order valence-electron chi connectivity index (χ0n) is 9.31. The van der Waals surface area contributed by atoms with Gasteiger partial charge in [0.15, 0.2) is 0 Å². The molecule has 1 heterocycles. The molecule has 3 rings (SSSR count). The maximum atomic E-state index is 4.50. The molecule has 0 spiro atoms. The standard InChI is InChI=1S/C12H15N3Se/c1-8-4-2-5-9(8)13-10-6-3-7-11-12(10)15-16-14-11/h3,6-9,13H,2,4-5H2,1H3. The Hall–Kier alpha value is -0.861. The fourth-order valence-electron chi connectivity index (χ4n) is 2.48. The Morgan fingerprint density at radius 3 is 3.06 bits per heavy atom. The van der Waals surface area contributed by atoms with Crippen molar-refractivity contribution < 1.29 is 0 Å². The van der Waals surface area contributed by atoms with Crippen molar-refractivity contribution in [3.8, 4) is 0 Å². The van der Waals surface area contributed by atoms with Crippen LogP contribution in [0.25, 0.3) is 11.0 Å². The van der Waals surface area contributed by atoms with Gasteiger partial charge in [-0.1, -0.05) is 0 Å². The summed E-state index contributed by atoms with van der Waals surface area (Å²) < 4.78 is 8.91. The molecule has 0 amide bonds. The van der Waals surface area contributed by atoms with Gasteiger partial charge in [-0.15, -0.1) is 0 Å². The van der Waals surface area contributed by atoms with Crippen molar-refractivity contribution in [2.24, 2.45) is 5.92 Å². The molecule has 4 heteroatoms. The third-order valence-electron chi connectivity index (χ3n) is 3.49. The Morgan fingerprint density at radius 2 is 2.25 bits per heavy atom. The number of rotatable bonds is 2. The Labute approximate surface area is 101 Å². The van der Waals surface area contributed by atoms with Crippen LogP contribution >= 0.6 is 0 Å². The van der Waals surface area contributed by atoms with E-state index < -0.39 is 0 Å². The molecule has 1 N–H and O–H groups in total. The van der Waals surface area contributed by atoms with E-state index in [1.54, 1.807) is 0 Å². The molecule has 1 aromatic heterocycles. The average molecular weight is 280 g/mol. The van der Waals surface area contributed by atoms with E-state index in [0.717, 1.165) is 17.0 Å². The first kappa shape index (κ1) is 10.3. The van der Waals surface area contributed by atoms with Crippen LogP contribution in [-0.4, -0.2) is 29.0 Å². The molecule has 0 aliphatic heterocycles. The van der Waals surface area contributed by atoms with Crippen molar-refractivity contribution in [2.75, 3.05) is 5.32 Å². The molecular formula is C12H15N3Se. The minimum absolute atomic E-state index is 0.0708. The second kappa shape index (κ2) is 4.19. The molecule has 0 radical (unpaired) electrons. The quantitative estimate of drug-likeness (QED) is 0.858. The van der Waals surface area contributed by atoms with Crippen LogP contribution in [0.1, 0.15) is 26.2 Å². The monoisotopic (exact) mass is 281 g/mol. The van der Waals surface area contributed by atoms with Gasteiger partial charge in [0.1, 0.15) is 0 Å². The number of hydrogen-bond acceptors (Lipinski definition) is 3. The van der Waals surface area contributed by atoms with Crippen molar-refractivity contribution in [1.29, 1.82) is 0 Å². The van der Waals surface area contributed by atoms with Crippen molar-refractivity contribution in [3.05, 3.63) is 18.2 Å². The van der Waals surface area contributed by atoms with E-state index in [4.69, 9.17) is 0 Å². The number of fused-ring (bicyclic) bond motifs is 1. The molecule has 3 nitrogen and oxygen atoms in total. The van der Waals surface area contributed by atoms with Crippen LogP contribution in [0.2, 0.25) is 0 Å². The Bertz CT molecular complexity index is 494. The molecule has 2 unspecified atom stereocenters. The molecule has 2 aromatic rings. The normalized spacial score (nSPS) is 25.1. The molecule has 1 fully saturated rings. The first-order valence-electron chi connectivity index (χ1n) is 5.82. The van der Waals surface area contributed by atoms with Gasteiger partial charge in [-0.25, -0.2) is 0 Å². The van der Waals surface area contributed by atoms with Gasteiger partial charge in [-0.05, 0) is 0 Å². The van der Waals surface area contributed by atoms with Gasteiger partial charge in [-0.2, -0.15) is 0 Å².